The molecule has 0 atom stereocenters. The smallest absolute Gasteiger partial charge is 0.145 e. The molecule has 2 N–H and O–H groups in total. The van der Waals surface area contributed by atoms with Gasteiger partial charge in [-0.05, 0) is 18.3 Å². The van der Waals surface area contributed by atoms with Crippen molar-refractivity contribution in [2.24, 2.45) is 5.92 Å². The van der Waals surface area contributed by atoms with Crippen molar-refractivity contribution in [3.05, 3.63) is 17.6 Å². The molecule has 0 fully saturated rings. The fourth-order valence-electron chi connectivity index (χ4n) is 1.26. The van der Waals surface area contributed by atoms with E-state index in [2.05, 4.69) is 37.7 Å². The lowest BCUT2D eigenvalue weighted by Crippen LogP contribution is -2.07. The van der Waals surface area contributed by atoms with Gasteiger partial charge in [-0.15, -0.1) is 0 Å². The van der Waals surface area contributed by atoms with Crippen molar-refractivity contribution >= 4 is 5.82 Å². The molecule has 1 heterocycles. The van der Waals surface area contributed by atoms with Crippen LogP contribution in [0.15, 0.2) is 6.20 Å². The first-order valence-corrected chi connectivity index (χ1v) is 5.12. The fourth-order valence-corrected chi connectivity index (χ4v) is 1.26. The zero-order valence-corrected chi connectivity index (χ0v) is 9.41. The molecule has 1 aromatic rings. The highest BCUT2D eigenvalue weighted by atomic mass is 14.9. The van der Waals surface area contributed by atoms with Gasteiger partial charge < -0.3 is 5.73 Å². The average molecular weight is 193 g/mol. The molecule has 0 unspecified atom stereocenters. The molecule has 0 bridgehead atoms. The Morgan fingerprint density at radius 2 is 1.93 bits per heavy atom. The molecule has 0 aliphatic heterocycles. The van der Waals surface area contributed by atoms with Crippen LogP contribution in [0, 0.1) is 5.92 Å². The Kier molecular flexibility index (Phi) is 3.44. The predicted octanol–water partition coefficient (Wildman–Crippen LogP) is 2.38. The number of nitrogens with zero attached hydrogens (tertiary/aromatic N) is 2. The molecule has 0 saturated heterocycles. The van der Waals surface area contributed by atoms with Gasteiger partial charge in [-0.25, -0.2) is 4.98 Å². The van der Waals surface area contributed by atoms with E-state index in [1.54, 1.807) is 0 Å². The Morgan fingerprint density at radius 1 is 1.29 bits per heavy atom. The van der Waals surface area contributed by atoms with Gasteiger partial charge in [-0.3, -0.25) is 4.98 Å². The minimum atomic E-state index is 0.387. The maximum absolute atomic E-state index is 5.83. The Morgan fingerprint density at radius 3 is 2.36 bits per heavy atom. The number of rotatable bonds is 3. The van der Waals surface area contributed by atoms with Gasteiger partial charge in [0, 0.05) is 6.20 Å². The molecule has 0 aliphatic carbocycles. The Bertz CT molecular complexity index is 305. The molecule has 0 amide bonds. The zero-order chi connectivity index (χ0) is 10.7. The second-order valence-corrected chi connectivity index (χ2v) is 4.38. The topological polar surface area (TPSA) is 51.8 Å². The van der Waals surface area contributed by atoms with Crippen molar-refractivity contribution in [1.82, 2.24) is 9.97 Å². The van der Waals surface area contributed by atoms with Crippen LogP contribution >= 0.6 is 0 Å². The minimum Gasteiger partial charge on any atom is -0.382 e. The lowest BCUT2D eigenvalue weighted by atomic mass is 10.1. The SMILES string of the molecule is CC(C)Cc1ncc(C(C)C)nc1N. The quantitative estimate of drug-likeness (QED) is 0.801. The maximum atomic E-state index is 5.83. The van der Waals surface area contributed by atoms with E-state index in [1.807, 2.05) is 6.20 Å². The minimum absolute atomic E-state index is 0.387. The van der Waals surface area contributed by atoms with E-state index >= 15 is 0 Å². The number of hydrogen-bond acceptors (Lipinski definition) is 3. The van der Waals surface area contributed by atoms with E-state index in [0.29, 0.717) is 17.7 Å². The van der Waals surface area contributed by atoms with E-state index in [1.165, 1.54) is 0 Å². The standard InChI is InChI=1S/C11H19N3/c1-7(2)5-9-11(12)14-10(6-13-9)8(3)4/h6-8H,5H2,1-4H3,(H2,12,14). The summed E-state index contributed by atoms with van der Waals surface area (Å²) in [4.78, 5) is 8.69. The molecule has 0 aliphatic rings. The number of nitrogens with two attached hydrogens (primary N) is 1. The molecule has 14 heavy (non-hydrogen) atoms. The summed E-state index contributed by atoms with van der Waals surface area (Å²) in [6, 6.07) is 0. The van der Waals surface area contributed by atoms with Gasteiger partial charge in [-0.1, -0.05) is 27.7 Å². The van der Waals surface area contributed by atoms with Gasteiger partial charge in [0.05, 0.1) is 11.4 Å². The fraction of sp³-hybridized carbons (Fsp3) is 0.636. The van der Waals surface area contributed by atoms with E-state index < -0.39 is 0 Å². The largest absolute Gasteiger partial charge is 0.382 e. The lowest BCUT2D eigenvalue weighted by molar-refractivity contribution is 0.632. The van der Waals surface area contributed by atoms with Crippen molar-refractivity contribution < 1.29 is 0 Å². The normalized spacial score (nSPS) is 11.3. The Balaban J connectivity index is 2.90. The van der Waals surface area contributed by atoms with Gasteiger partial charge in [0.15, 0.2) is 0 Å². The summed E-state index contributed by atoms with van der Waals surface area (Å²) < 4.78 is 0. The molecule has 1 aromatic heterocycles. The first-order chi connectivity index (χ1) is 6.50. The monoisotopic (exact) mass is 193 g/mol. The number of hydrogen-bond donors (Lipinski definition) is 1. The Labute approximate surface area is 85.8 Å². The third-order valence-electron chi connectivity index (χ3n) is 2.09. The molecule has 3 heteroatoms. The average Bonchev–Trinajstić information content (AvgIpc) is 2.07. The van der Waals surface area contributed by atoms with Gasteiger partial charge in [0.25, 0.3) is 0 Å². The summed E-state index contributed by atoms with van der Waals surface area (Å²) >= 11 is 0. The number of anilines is 1. The molecular formula is C11H19N3. The van der Waals surface area contributed by atoms with Crippen LogP contribution in [0.5, 0.6) is 0 Å². The summed E-state index contributed by atoms with van der Waals surface area (Å²) in [5.41, 5.74) is 7.72. The predicted molar refractivity (Wildman–Crippen MR) is 59.1 cm³/mol. The first kappa shape index (κ1) is 11.0. The highest BCUT2D eigenvalue weighted by molar-refractivity contribution is 5.35. The maximum Gasteiger partial charge on any atom is 0.145 e. The van der Waals surface area contributed by atoms with Crippen LogP contribution in [-0.2, 0) is 6.42 Å². The molecule has 78 valence electrons. The van der Waals surface area contributed by atoms with Crippen LogP contribution in [-0.4, -0.2) is 9.97 Å². The highest BCUT2D eigenvalue weighted by Gasteiger charge is 2.08. The summed E-state index contributed by atoms with van der Waals surface area (Å²) in [7, 11) is 0. The third kappa shape index (κ3) is 2.69. The van der Waals surface area contributed by atoms with Crippen LogP contribution < -0.4 is 5.73 Å². The highest BCUT2D eigenvalue weighted by Crippen LogP contribution is 2.16. The van der Waals surface area contributed by atoms with Crippen molar-refractivity contribution in [1.29, 1.82) is 0 Å². The van der Waals surface area contributed by atoms with Crippen LogP contribution in [0.25, 0.3) is 0 Å². The van der Waals surface area contributed by atoms with E-state index in [-0.39, 0.29) is 0 Å². The zero-order valence-electron chi connectivity index (χ0n) is 9.41. The van der Waals surface area contributed by atoms with Crippen molar-refractivity contribution in [3.63, 3.8) is 0 Å². The summed E-state index contributed by atoms with van der Waals surface area (Å²) in [6.45, 7) is 8.48. The summed E-state index contributed by atoms with van der Waals surface area (Å²) in [6.07, 6.45) is 2.73. The molecule has 1 rings (SSSR count). The van der Waals surface area contributed by atoms with E-state index in [0.717, 1.165) is 17.8 Å². The number of nitrogen functional groups attached to an aromatic ring is 1. The van der Waals surface area contributed by atoms with E-state index in [9.17, 15) is 0 Å². The van der Waals surface area contributed by atoms with Crippen LogP contribution in [0.4, 0.5) is 5.82 Å². The molecule has 3 nitrogen and oxygen atoms in total. The second-order valence-electron chi connectivity index (χ2n) is 4.38. The molecule has 0 radical (unpaired) electrons. The summed E-state index contributed by atoms with van der Waals surface area (Å²) in [5.74, 6) is 1.54. The third-order valence-corrected chi connectivity index (χ3v) is 2.09. The van der Waals surface area contributed by atoms with Crippen LogP contribution in [0.1, 0.15) is 45.0 Å². The van der Waals surface area contributed by atoms with Crippen LogP contribution in [0.3, 0.4) is 0 Å². The molecule has 0 aromatic carbocycles. The van der Waals surface area contributed by atoms with Crippen molar-refractivity contribution in [2.45, 2.75) is 40.0 Å². The summed E-state index contributed by atoms with van der Waals surface area (Å²) in [5, 5.41) is 0. The molecular weight excluding hydrogens is 174 g/mol. The number of aromatic nitrogens is 2. The van der Waals surface area contributed by atoms with Gasteiger partial charge in [0.2, 0.25) is 0 Å². The molecule has 0 spiro atoms. The van der Waals surface area contributed by atoms with E-state index in [4.69, 9.17) is 5.73 Å². The Hall–Kier alpha value is -1.12. The lowest BCUT2D eigenvalue weighted by Gasteiger charge is -2.09. The van der Waals surface area contributed by atoms with Gasteiger partial charge in [0.1, 0.15) is 5.82 Å². The van der Waals surface area contributed by atoms with Crippen molar-refractivity contribution in [2.75, 3.05) is 5.73 Å². The van der Waals surface area contributed by atoms with Crippen LogP contribution in [0.2, 0.25) is 0 Å². The van der Waals surface area contributed by atoms with Gasteiger partial charge in [-0.2, -0.15) is 0 Å². The van der Waals surface area contributed by atoms with Crippen molar-refractivity contribution in [3.8, 4) is 0 Å². The second kappa shape index (κ2) is 4.40. The molecule has 0 saturated carbocycles. The van der Waals surface area contributed by atoms with Gasteiger partial charge >= 0.3 is 0 Å². The first-order valence-electron chi connectivity index (χ1n) is 5.12.